The number of halogens is 5. The topological polar surface area (TPSA) is 154 Å². The molecule has 1 saturated heterocycles. The Hall–Kier alpha value is -4.74. The zero-order valence-corrected chi connectivity index (χ0v) is 31.3. The van der Waals surface area contributed by atoms with Gasteiger partial charge in [-0.05, 0) is 75.3 Å². The van der Waals surface area contributed by atoms with Gasteiger partial charge in [0.15, 0.2) is 0 Å². The Balaban J connectivity index is 1.17. The number of rotatable bonds is 6. The molecule has 56 heavy (non-hydrogen) atoms. The van der Waals surface area contributed by atoms with Crippen molar-refractivity contribution < 1.29 is 54.3 Å². The zero-order valence-electron chi connectivity index (χ0n) is 30.5. The number of alkyl halides is 3. The molecule has 5 atom stereocenters. The molecule has 4 amide bonds. The van der Waals surface area contributed by atoms with Crippen LogP contribution < -0.4 is 15.4 Å². The van der Waals surface area contributed by atoms with Gasteiger partial charge in [-0.3, -0.25) is 24.0 Å². The first kappa shape index (κ1) is 39.5. The molecular formula is C38H42F5N5O7S. The van der Waals surface area contributed by atoms with Crippen LogP contribution in [0.5, 0.6) is 0 Å². The maximum Gasteiger partial charge on any atom is 0.416 e. The summed E-state index contributed by atoms with van der Waals surface area (Å²) in [7, 11) is -4.09. The summed E-state index contributed by atoms with van der Waals surface area (Å²) in [4.78, 5) is 58.3. The van der Waals surface area contributed by atoms with Crippen molar-refractivity contribution in [2.24, 2.45) is 5.92 Å². The quantitative estimate of drug-likeness (QED) is 0.264. The van der Waals surface area contributed by atoms with Gasteiger partial charge in [0.1, 0.15) is 35.4 Å². The first-order chi connectivity index (χ1) is 26.4. The minimum Gasteiger partial charge on any atom is -0.444 e. The second-order valence-corrected chi connectivity index (χ2v) is 17.8. The van der Waals surface area contributed by atoms with Gasteiger partial charge in [0.2, 0.25) is 21.8 Å². The highest BCUT2D eigenvalue weighted by atomic mass is 32.2. The molecule has 5 aliphatic rings. The summed E-state index contributed by atoms with van der Waals surface area (Å²) in [6.07, 6.45) is -0.417. The number of carbonyl (C=O) groups is 4. The fourth-order valence-corrected chi connectivity index (χ4v) is 9.02. The number of fused-ring (bicyclic) bond motifs is 3. The van der Waals surface area contributed by atoms with Crippen LogP contribution in [0.15, 0.2) is 48.6 Å². The van der Waals surface area contributed by atoms with Crippen LogP contribution in [0.1, 0.15) is 81.4 Å². The average Bonchev–Trinajstić information content (AvgIpc) is 3.92. The number of anilines is 1. The van der Waals surface area contributed by atoms with Gasteiger partial charge in [-0.2, -0.15) is 13.2 Å². The Bertz CT molecular complexity index is 2080. The van der Waals surface area contributed by atoms with Crippen molar-refractivity contribution >= 4 is 39.5 Å². The fourth-order valence-electron chi connectivity index (χ4n) is 7.71. The molecule has 0 radical (unpaired) electrons. The van der Waals surface area contributed by atoms with E-state index in [-0.39, 0.29) is 44.6 Å². The Morgan fingerprint density at radius 2 is 1.80 bits per heavy atom. The molecule has 0 unspecified atom stereocenters. The van der Waals surface area contributed by atoms with Gasteiger partial charge in [0, 0.05) is 30.1 Å². The molecule has 0 spiro atoms. The number of carbonyl (C=O) groups excluding carboxylic acids is 4. The van der Waals surface area contributed by atoms with E-state index in [1.54, 1.807) is 12.1 Å². The van der Waals surface area contributed by atoms with E-state index < -0.39 is 91.6 Å². The highest BCUT2D eigenvalue weighted by Gasteiger charge is 2.63. The SMILES string of the molecule is CC1(S(=O)(=O)NC(=O)[C@@]23C[C@H]2/C=C\CCCCC[C@H](Nc2cc(F)cc(C(F)(F)F)c2)C(=O)N2C[C@H](OC(=O)N4Cc5cccc(F)c5C4)C[C@H]2C(=O)N3)CC1. The van der Waals surface area contributed by atoms with E-state index in [9.17, 15) is 49.5 Å². The standard InChI is InChI=1S/C38H42F5N5O7S/c1-36(12-13-36)56(53,54)46-34(51)37-18-23(37)9-5-3-2-4-6-11-30(44-26-15-24(38(41,42)43)14-25(39)16-26)33(50)48-20-27(17-31(48)32(49)45-37)55-35(52)47-19-22-8-7-10-29(40)28(22)21-47/h5,7-10,14-16,23,27,30-31,44H,2-4,6,11-13,17-21H2,1H3,(H,45,49)(H,46,51)/b9-5-/t23-,27-,30+,31+,37-/m1/s1. The maximum atomic E-state index is 14.5. The molecule has 2 aliphatic carbocycles. The van der Waals surface area contributed by atoms with Gasteiger partial charge in [-0.15, -0.1) is 0 Å². The predicted molar refractivity (Wildman–Crippen MR) is 191 cm³/mol. The number of sulfonamides is 1. The van der Waals surface area contributed by atoms with Gasteiger partial charge in [0.25, 0.3) is 5.91 Å². The number of hydrogen-bond donors (Lipinski definition) is 3. The minimum absolute atomic E-state index is 0.0548. The second-order valence-electron chi connectivity index (χ2n) is 15.6. The minimum atomic E-state index is -4.88. The lowest BCUT2D eigenvalue weighted by Crippen LogP contribution is -2.58. The number of amides is 4. The molecule has 3 heterocycles. The molecule has 2 saturated carbocycles. The van der Waals surface area contributed by atoms with Crippen molar-refractivity contribution in [1.82, 2.24) is 19.8 Å². The lowest BCUT2D eigenvalue weighted by atomic mass is 10.0. The van der Waals surface area contributed by atoms with E-state index in [1.165, 1.54) is 24.0 Å². The predicted octanol–water partition coefficient (Wildman–Crippen LogP) is 5.28. The van der Waals surface area contributed by atoms with Crippen molar-refractivity contribution in [3.8, 4) is 0 Å². The number of hydrogen-bond acceptors (Lipinski definition) is 8. The Labute approximate surface area is 320 Å². The van der Waals surface area contributed by atoms with Crippen LogP contribution in [0.25, 0.3) is 0 Å². The van der Waals surface area contributed by atoms with Crippen molar-refractivity contribution in [2.45, 2.75) is 112 Å². The molecule has 0 bridgehead atoms. The van der Waals surface area contributed by atoms with Crippen molar-refractivity contribution in [3.63, 3.8) is 0 Å². The van der Waals surface area contributed by atoms with Gasteiger partial charge >= 0.3 is 12.3 Å². The molecule has 18 heteroatoms. The summed E-state index contributed by atoms with van der Waals surface area (Å²) in [5, 5.41) is 5.47. The zero-order chi connectivity index (χ0) is 40.2. The summed E-state index contributed by atoms with van der Waals surface area (Å²) >= 11 is 0. The molecule has 0 aromatic heterocycles. The van der Waals surface area contributed by atoms with Crippen LogP contribution in [0.2, 0.25) is 0 Å². The Kier molecular flexibility index (Phi) is 10.3. The first-order valence-corrected chi connectivity index (χ1v) is 20.1. The summed E-state index contributed by atoms with van der Waals surface area (Å²) in [6, 6.07) is 3.66. The van der Waals surface area contributed by atoms with Gasteiger partial charge in [-0.1, -0.05) is 37.1 Å². The average molecular weight is 808 g/mol. The van der Waals surface area contributed by atoms with Crippen molar-refractivity contribution in [3.05, 3.63) is 76.9 Å². The van der Waals surface area contributed by atoms with Gasteiger partial charge < -0.3 is 20.3 Å². The monoisotopic (exact) mass is 807 g/mol. The highest BCUT2D eigenvalue weighted by Crippen LogP contribution is 2.47. The second kappa shape index (κ2) is 14.6. The molecule has 2 aromatic carbocycles. The number of benzene rings is 2. The third-order valence-corrected chi connectivity index (χ3v) is 13.7. The third kappa shape index (κ3) is 7.93. The largest absolute Gasteiger partial charge is 0.444 e. The molecular weight excluding hydrogens is 766 g/mol. The van der Waals surface area contributed by atoms with Crippen molar-refractivity contribution in [2.75, 3.05) is 11.9 Å². The van der Waals surface area contributed by atoms with Crippen LogP contribution in [0.3, 0.4) is 0 Å². The third-order valence-electron chi connectivity index (χ3n) is 11.5. The lowest BCUT2D eigenvalue weighted by molar-refractivity contribution is -0.140. The van der Waals surface area contributed by atoms with Crippen LogP contribution in [-0.4, -0.2) is 77.1 Å². The van der Waals surface area contributed by atoms with E-state index >= 15 is 0 Å². The van der Waals surface area contributed by atoms with E-state index in [4.69, 9.17) is 4.74 Å². The molecule has 3 fully saturated rings. The highest BCUT2D eigenvalue weighted by molar-refractivity contribution is 7.91. The van der Waals surface area contributed by atoms with Crippen LogP contribution in [-0.2, 0) is 48.4 Å². The van der Waals surface area contributed by atoms with E-state index in [2.05, 4.69) is 15.4 Å². The fraction of sp³-hybridized carbons (Fsp3) is 0.526. The normalized spacial score (nSPS) is 28.1. The lowest BCUT2D eigenvalue weighted by Gasteiger charge is -2.30. The van der Waals surface area contributed by atoms with Crippen LogP contribution in [0, 0.1) is 17.6 Å². The summed E-state index contributed by atoms with van der Waals surface area (Å²) in [6.45, 7) is 1.16. The number of allylic oxidation sites excluding steroid dienone is 1. The molecule has 12 nitrogen and oxygen atoms in total. The van der Waals surface area contributed by atoms with E-state index in [1.807, 2.05) is 6.08 Å². The number of nitrogens with one attached hydrogen (secondary N) is 3. The van der Waals surface area contributed by atoms with Crippen LogP contribution in [0.4, 0.5) is 32.4 Å². The summed E-state index contributed by atoms with van der Waals surface area (Å²) in [5.41, 5.74) is -2.35. The first-order valence-electron chi connectivity index (χ1n) is 18.6. The van der Waals surface area contributed by atoms with E-state index in [0.29, 0.717) is 61.8 Å². The summed E-state index contributed by atoms with van der Waals surface area (Å²) in [5.74, 6) is -4.76. The van der Waals surface area contributed by atoms with Crippen LogP contribution >= 0.6 is 0 Å². The Morgan fingerprint density at radius 3 is 2.52 bits per heavy atom. The van der Waals surface area contributed by atoms with E-state index in [0.717, 1.165) is 11.0 Å². The molecule has 302 valence electrons. The summed E-state index contributed by atoms with van der Waals surface area (Å²) < 4.78 is 103. The maximum absolute atomic E-state index is 14.5. The van der Waals surface area contributed by atoms with Gasteiger partial charge in [-0.25, -0.2) is 22.0 Å². The molecule has 3 aliphatic heterocycles. The molecule has 2 aromatic rings. The van der Waals surface area contributed by atoms with Gasteiger partial charge in [0.05, 0.1) is 23.4 Å². The Morgan fingerprint density at radius 1 is 1.04 bits per heavy atom. The molecule has 3 N–H and O–H groups in total. The smallest absolute Gasteiger partial charge is 0.416 e. The number of nitrogens with zero attached hydrogens (tertiary/aromatic N) is 2. The van der Waals surface area contributed by atoms with Crippen molar-refractivity contribution in [1.29, 1.82) is 0 Å². The molecule has 7 rings (SSSR count). The number of ether oxygens (including phenoxy) is 1.